The minimum absolute atomic E-state index is 0.0124. The van der Waals surface area contributed by atoms with Gasteiger partial charge in [-0.05, 0) is 46.1 Å². The lowest BCUT2D eigenvalue weighted by Gasteiger charge is -2.40. The van der Waals surface area contributed by atoms with Crippen molar-refractivity contribution in [1.82, 2.24) is 5.32 Å². The highest BCUT2D eigenvalue weighted by Crippen LogP contribution is 2.46. The van der Waals surface area contributed by atoms with Crippen LogP contribution in [-0.4, -0.2) is 41.0 Å². The van der Waals surface area contributed by atoms with E-state index in [2.05, 4.69) is 11.4 Å². The molecule has 0 radical (unpaired) electrons. The number of nitrogens with one attached hydrogen (secondary N) is 1. The first kappa shape index (κ1) is 20.4. The smallest absolute Gasteiger partial charge is 0.307 e. The fourth-order valence-electron chi connectivity index (χ4n) is 3.80. The van der Waals surface area contributed by atoms with E-state index >= 15 is 0 Å². The number of hydrogen-bond donors (Lipinski definition) is 2. The largest absolute Gasteiger partial charge is 0.457 e. The van der Waals surface area contributed by atoms with E-state index in [-0.39, 0.29) is 31.0 Å². The summed E-state index contributed by atoms with van der Waals surface area (Å²) < 4.78 is 5.44. The maximum atomic E-state index is 12.9. The summed E-state index contributed by atoms with van der Waals surface area (Å²) in [4.78, 5) is 36.1. The Bertz CT molecular complexity index is 647. The molecule has 1 heterocycles. The van der Waals surface area contributed by atoms with Crippen molar-refractivity contribution in [3.8, 4) is 0 Å². The van der Waals surface area contributed by atoms with Gasteiger partial charge in [0.25, 0.3) is 0 Å². The molecule has 1 aliphatic heterocycles. The molecule has 0 aromatic rings. The van der Waals surface area contributed by atoms with Gasteiger partial charge < -0.3 is 15.2 Å². The Labute approximate surface area is 154 Å². The van der Waals surface area contributed by atoms with Crippen molar-refractivity contribution in [1.29, 1.82) is 0 Å². The molecule has 1 saturated heterocycles. The molecule has 2 N–H and O–H groups in total. The Morgan fingerprint density at radius 1 is 1.31 bits per heavy atom. The molecule has 2 rings (SSSR count). The molecule has 0 aromatic heterocycles. The first-order valence-electron chi connectivity index (χ1n) is 9.12. The molecule has 0 bridgehead atoms. The summed E-state index contributed by atoms with van der Waals surface area (Å²) in [6, 6.07) is -0.607. The van der Waals surface area contributed by atoms with Crippen molar-refractivity contribution >= 4 is 17.7 Å². The molecule has 4 atom stereocenters. The number of Topliss-reactive ketones (excluding diaryl/α,β-unsaturated/α-hetero) is 1. The van der Waals surface area contributed by atoms with Crippen LogP contribution in [0.3, 0.4) is 0 Å². The Hall–Kier alpha value is -1.95. The second kappa shape index (κ2) is 8.16. The zero-order chi connectivity index (χ0) is 19.5. The van der Waals surface area contributed by atoms with E-state index in [0.29, 0.717) is 0 Å². The van der Waals surface area contributed by atoms with E-state index in [1.807, 2.05) is 26.8 Å². The van der Waals surface area contributed by atoms with Crippen LogP contribution in [-0.2, 0) is 19.1 Å². The summed E-state index contributed by atoms with van der Waals surface area (Å²) in [5, 5.41) is 13.1. The lowest BCUT2D eigenvalue weighted by molar-refractivity contribution is -0.141. The van der Waals surface area contributed by atoms with Crippen molar-refractivity contribution in [2.75, 3.05) is 0 Å². The zero-order valence-electron chi connectivity index (χ0n) is 16.0. The van der Waals surface area contributed by atoms with Crippen LogP contribution in [0.1, 0.15) is 59.8 Å². The highest BCUT2D eigenvalue weighted by molar-refractivity contribution is 5.94. The van der Waals surface area contributed by atoms with Crippen LogP contribution >= 0.6 is 0 Å². The van der Waals surface area contributed by atoms with Crippen LogP contribution in [0.2, 0.25) is 0 Å². The van der Waals surface area contributed by atoms with E-state index < -0.39 is 29.6 Å². The third kappa shape index (κ3) is 4.61. The van der Waals surface area contributed by atoms with Gasteiger partial charge in [0.1, 0.15) is 11.9 Å². The first-order chi connectivity index (χ1) is 12.1. The molecule has 1 saturated carbocycles. The molecule has 6 heteroatoms. The van der Waals surface area contributed by atoms with Crippen LogP contribution in [0, 0.1) is 5.41 Å². The number of aliphatic hydroxyl groups excluding tert-OH is 1. The quantitative estimate of drug-likeness (QED) is 0.577. The third-order valence-electron chi connectivity index (χ3n) is 5.18. The van der Waals surface area contributed by atoms with Gasteiger partial charge >= 0.3 is 5.97 Å². The molecule has 1 spiro atoms. The summed E-state index contributed by atoms with van der Waals surface area (Å²) >= 11 is 0. The van der Waals surface area contributed by atoms with E-state index in [1.165, 1.54) is 12.5 Å². The minimum Gasteiger partial charge on any atom is -0.457 e. The van der Waals surface area contributed by atoms with Gasteiger partial charge in [-0.2, -0.15) is 0 Å². The fraction of sp³-hybridized carbons (Fsp3) is 0.650. The Kier molecular flexibility index (Phi) is 6.39. The molecule has 1 aliphatic carbocycles. The second-order valence-electron chi connectivity index (χ2n) is 7.78. The predicted octanol–water partition coefficient (Wildman–Crippen LogP) is 2.21. The Balaban J connectivity index is 2.17. The van der Waals surface area contributed by atoms with Gasteiger partial charge in [0.2, 0.25) is 5.91 Å². The van der Waals surface area contributed by atoms with Gasteiger partial charge in [-0.1, -0.05) is 17.2 Å². The number of hydrogen-bond acceptors (Lipinski definition) is 5. The Morgan fingerprint density at radius 3 is 2.62 bits per heavy atom. The van der Waals surface area contributed by atoms with Crippen LogP contribution < -0.4 is 5.32 Å². The highest BCUT2D eigenvalue weighted by Gasteiger charge is 2.57. The Morgan fingerprint density at radius 2 is 2.00 bits per heavy atom. The van der Waals surface area contributed by atoms with E-state index in [4.69, 9.17) is 4.74 Å². The number of allylic oxidation sites excluding steroid dienone is 3. The molecule has 2 aliphatic rings. The average molecular weight is 363 g/mol. The predicted molar refractivity (Wildman–Crippen MR) is 97.2 cm³/mol. The van der Waals surface area contributed by atoms with Crippen LogP contribution in [0.5, 0.6) is 0 Å². The van der Waals surface area contributed by atoms with Crippen molar-refractivity contribution < 1.29 is 24.2 Å². The fourth-order valence-corrected chi connectivity index (χ4v) is 3.80. The van der Waals surface area contributed by atoms with E-state index in [0.717, 1.165) is 18.4 Å². The van der Waals surface area contributed by atoms with Gasteiger partial charge in [0.05, 0.1) is 24.0 Å². The number of esters is 1. The maximum Gasteiger partial charge on any atom is 0.307 e. The summed E-state index contributed by atoms with van der Waals surface area (Å²) in [6.07, 6.45) is 4.28. The van der Waals surface area contributed by atoms with Crippen LogP contribution in [0.15, 0.2) is 23.3 Å². The normalized spacial score (nSPS) is 31.7. The van der Waals surface area contributed by atoms with Gasteiger partial charge in [0, 0.05) is 13.3 Å². The number of aliphatic hydroxyl groups is 1. The summed E-state index contributed by atoms with van der Waals surface area (Å²) in [6.45, 7) is 7.40. The third-order valence-corrected chi connectivity index (χ3v) is 5.18. The first-order valence-corrected chi connectivity index (χ1v) is 9.12. The van der Waals surface area contributed by atoms with Crippen molar-refractivity contribution in [2.24, 2.45) is 5.41 Å². The van der Waals surface area contributed by atoms with Crippen LogP contribution in [0.25, 0.3) is 0 Å². The van der Waals surface area contributed by atoms with Crippen LogP contribution in [0.4, 0.5) is 0 Å². The number of amides is 1. The average Bonchev–Trinajstić information content (AvgIpc) is 2.80. The number of carbonyl (C=O) groups is 3. The van der Waals surface area contributed by atoms with Gasteiger partial charge in [0.15, 0.2) is 0 Å². The summed E-state index contributed by atoms with van der Waals surface area (Å²) in [7, 11) is 0. The minimum atomic E-state index is -1.02. The number of rotatable bonds is 5. The number of ether oxygens (including phenoxy) is 1. The van der Waals surface area contributed by atoms with E-state index in [1.54, 1.807) is 0 Å². The lowest BCUT2D eigenvalue weighted by Crippen LogP contribution is -2.55. The van der Waals surface area contributed by atoms with Crippen molar-refractivity contribution in [2.45, 2.75) is 78.0 Å². The van der Waals surface area contributed by atoms with Crippen molar-refractivity contribution in [3.05, 3.63) is 23.3 Å². The van der Waals surface area contributed by atoms with Gasteiger partial charge in [-0.25, -0.2) is 0 Å². The van der Waals surface area contributed by atoms with Gasteiger partial charge in [-0.15, -0.1) is 0 Å². The molecule has 1 amide bonds. The van der Waals surface area contributed by atoms with E-state index in [9.17, 15) is 19.5 Å². The summed E-state index contributed by atoms with van der Waals surface area (Å²) in [5.41, 5.74) is 1.27. The molecule has 144 valence electrons. The highest BCUT2D eigenvalue weighted by atomic mass is 16.6. The lowest BCUT2D eigenvalue weighted by atomic mass is 9.65. The molecule has 0 aromatic carbocycles. The molecule has 2 fully saturated rings. The maximum absolute atomic E-state index is 12.9. The van der Waals surface area contributed by atoms with Gasteiger partial charge in [-0.3, -0.25) is 14.4 Å². The molecule has 26 heavy (non-hydrogen) atoms. The number of carbonyl (C=O) groups excluding carboxylic acids is 3. The molecular formula is C20H29NO5. The number of ketones is 1. The zero-order valence-corrected chi connectivity index (χ0v) is 16.0. The monoisotopic (exact) mass is 363 g/mol. The summed E-state index contributed by atoms with van der Waals surface area (Å²) in [5.74, 6) is -0.837. The topological polar surface area (TPSA) is 92.7 Å². The number of cyclic esters (lactones) is 1. The second-order valence-corrected chi connectivity index (χ2v) is 7.78. The molecule has 6 nitrogen and oxygen atoms in total. The molecular weight excluding hydrogens is 334 g/mol. The standard InChI is InChI=1S/C20H29NO5/c1-12(2)6-5-7-13(3)8-18-20(11-19(25)26-18)10-16(23)15(9-17(20)24)21-14(4)22/h6,8,15-16,18,23H,5,7,9-11H2,1-4H3,(H,21,22)/b13-8+/t15-,16+,18-,20?/m1/s1. The molecule has 1 unspecified atom stereocenters. The SMILES string of the molecule is CC(=O)N[C@@H]1CC(=O)C2(CC(=O)O[C@@H]2/C=C(\C)CCC=C(C)C)C[C@@H]1O. The van der Waals surface area contributed by atoms with Crippen molar-refractivity contribution in [3.63, 3.8) is 0 Å².